The zero-order valence-electron chi connectivity index (χ0n) is 11.4. The highest BCUT2D eigenvalue weighted by atomic mass is 16.6. The number of nitro benzene ring substituents is 1. The maximum atomic E-state index is 12.1. The molecule has 0 saturated heterocycles. The molecule has 0 heterocycles. The predicted octanol–water partition coefficient (Wildman–Crippen LogP) is 1.93. The van der Waals surface area contributed by atoms with Gasteiger partial charge in [-0.05, 0) is 24.5 Å². The average molecular weight is 265 g/mol. The third-order valence-electron chi connectivity index (χ3n) is 2.82. The van der Waals surface area contributed by atoms with Gasteiger partial charge in [0.1, 0.15) is 0 Å². The molecular weight excluding hydrogens is 246 g/mol. The van der Waals surface area contributed by atoms with Crippen molar-refractivity contribution in [3.05, 3.63) is 34.4 Å². The fraction of sp³-hybridized carbons (Fsp3) is 0.462. The molecular formula is C13H19N3O3. The van der Waals surface area contributed by atoms with Gasteiger partial charge in [-0.1, -0.05) is 13.8 Å². The van der Waals surface area contributed by atoms with E-state index in [1.165, 1.54) is 29.2 Å². The maximum Gasteiger partial charge on any atom is 0.269 e. The molecule has 6 heteroatoms. The number of nitrogens with zero attached hydrogens (tertiary/aromatic N) is 2. The van der Waals surface area contributed by atoms with Gasteiger partial charge in [0, 0.05) is 24.9 Å². The lowest BCUT2D eigenvalue weighted by molar-refractivity contribution is -0.384. The fourth-order valence-electron chi connectivity index (χ4n) is 1.78. The highest BCUT2D eigenvalue weighted by Crippen LogP contribution is 2.19. The number of nitro groups is 1. The summed E-state index contributed by atoms with van der Waals surface area (Å²) in [5.41, 5.74) is 6.42. The van der Waals surface area contributed by atoms with E-state index < -0.39 is 11.0 Å². The van der Waals surface area contributed by atoms with Gasteiger partial charge >= 0.3 is 0 Å². The van der Waals surface area contributed by atoms with Gasteiger partial charge in [-0.3, -0.25) is 14.9 Å². The third-order valence-corrected chi connectivity index (χ3v) is 2.82. The van der Waals surface area contributed by atoms with Crippen LogP contribution in [-0.2, 0) is 4.79 Å². The monoisotopic (exact) mass is 265 g/mol. The highest BCUT2D eigenvalue weighted by molar-refractivity contribution is 5.96. The molecule has 0 spiro atoms. The van der Waals surface area contributed by atoms with Crippen LogP contribution in [0.2, 0.25) is 0 Å². The number of nitrogens with two attached hydrogens (primary N) is 1. The lowest BCUT2D eigenvalue weighted by Crippen LogP contribution is -2.42. The largest absolute Gasteiger partial charge is 0.320 e. The average Bonchev–Trinajstić information content (AvgIpc) is 2.36. The molecule has 19 heavy (non-hydrogen) atoms. The molecule has 2 N–H and O–H groups in total. The first kappa shape index (κ1) is 15.1. The second-order valence-corrected chi connectivity index (χ2v) is 4.91. The quantitative estimate of drug-likeness (QED) is 0.650. The second-order valence-electron chi connectivity index (χ2n) is 4.91. The number of non-ortho nitro benzene ring substituents is 1. The molecule has 1 rings (SSSR count). The van der Waals surface area contributed by atoms with Crippen LogP contribution in [0.15, 0.2) is 24.3 Å². The van der Waals surface area contributed by atoms with Crippen LogP contribution in [-0.4, -0.2) is 23.9 Å². The van der Waals surface area contributed by atoms with Crippen molar-refractivity contribution in [3.63, 3.8) is 0 Å². The molecule has 0 bridgehead atoms. The molecule has 1 amide bonds. The van der Waals surface area contributed by atoms with Crippen molar-refractivity contribution in [1.82, 2.24) is 0 Å². The predicted molar refractivity (Wildman–Crippen MR) is 73.9 cm³/mol. The van der Waals surface area contributed by atoms with E-state index in [0.29, 0.717) is 18.0 Å². The SMILES string of the molecule is CC(C)C[C@@H](N)C(=O)N(C)c1ccc([N+](=O)[O-])cc1. The van der Waals surface area contributed by atoms with Crippen molar-refractivity contribution >= 4 is 17.3 Å². The molecule has 0 saturated carbocycles. The highest BCUT2D eigenvalue weighted by Gasteiger charge is 2.20. The Hall–Kier alpha value is -1.95. The first-order chi connectivity index (χ1) is 8.82. The summed E-state index contributed by atoms with van der Waals surface area (Å²) in [7, 11) is 1.61. The Labute approximate surface area is 112 Å². The Morgan fingerprint density at radius 1 is 1.37 bits per heavy atom. The molecule has 0 aliphatic heterocycles. The van der Waals surface area contributed by atoms with Crippen molar-refractivity contribution < 1.29 is 9.72 Å². The number of hydrogen-bond donors (Lipinski definition) is 1. The molecule has 0 aliphatic rings. The third kappa shape index (κ3) is 4.03. The number of carbonyl (C=O) groups is 1. The maximum absolute atomic E-state index is 12.1. The van der Waals surface area contributed by atoms with Crippen LogP contribution >= 0.6 is 0 Å². The van der Waals surface area contributed by atoms with Crippen LogP contribution in [0.5, 0.6) is 0 Å². The normalized spacial score (nSPS) is 12.3. The lowest BCUT2D eigenvalue weighted by Gasteiger charge is -2.22. The van der Waals surface area contributed by atoms with Crippen LogP contribution in [0, 0.1) is 16.0 Å². The minimum atomic E-state index is -0.555. The number of benzene rings is 1. The van der Waals surface area contributed by atoms with Gasteiger partial charge < -0.3 is 10.6 Å². The van der Waals surface area contributed by atoms with Gasteiger partial charge in [-0.15, -0.1) is 0 Å². The summed E-state index contributed by atoms with van der Waals surface area (Å²) in [6, 6.07) is 5.26. The summed E-state index contributed by atoms with van der Waals surface area (Å²) in [6.07, 6.45) is 0.607. The van der Waals surface area contributed by atoms with Gasteiger partial charge in [0.2, 0.25) is 5.91 Å². The molecule has 0 unspecified atom stereocenters. The van der Waals surface area contributed by atoms with E-state index in [4.69, 9.17) is 5.73 Å². The number of amides is 1. The van der Waals surface area contributed by atoms with Crippen molar-refractivity contribution in [3.8, 4) is 0 Å². The van der Waals surface area contributed by atoms with E-state index in [1.54, 1.807) is 7.05 Å². The van der Waals surface area contributed by atoms with E-state index in [1.807, 2.05) is 13.8 Å². The van der Waals surface area contributed by atoms with Crippen LogP contribution in [0.3, 0.4) is 0 Å². The van der Waals surface area contributed by atoms with E-state index in [2.05, 4.69) is 0 Å². The van der Waals surface area contributed by atoms with Gasteiger partial charge in [0.15, 0.2) is 0 Å². The van der Waals surface area contributed by atoms with Crippen LogP contribution in [0.4, 0.5) is 11.4 Å². The number of likely N-dealkylation sites (N-methyl/N-ethyl adjacent to an activating group) is 1. The smallest absolute Gasteiger partial charge is 0.269 e. The van der Waals surface area contributed by atoms with Crippen molar-refractivity contribution in [2.75, 3.05) is 11.9 Å². The zero-order valence-corrected chi connectivity index (χ0v) is 11.4. The number of hydrogen-bond acceptors (Lipinski definition) is 4. The van der Waals surface area contributed by atoms with Gasteiger partial charge in [-0.2, -0.15) is 0 Å². The van der Waals surface area contributed by atoms with Crippen LogP contribution in [0.25, 0.3) is 0 Å². The van der Waals surface area contributed by atoms with Crippen molar-refractivity contribution in [2.45, 2.75) is 26.3 Å². The summed E-state index contributed by atoms with van der Waals surface area (Å²) < 4.78 is 0. The summed E-state index contributed by atoms with van der Waals surface area (Å²) in [5.74, 6) is 0.145. The number of anilines is 1. The Morgan fingerprint density at radius 3 is 2.32 bits per heavy atom. The minimum Gasteiger partial charge on any atom is -0.320 e. The Kier molecular flexibility index (Phi) is 5.00. The van der Waals surface area contributed by atoms with Crippen LogP contribution in [0.1, 0.15) is 20.3 Å². The summed E-state index contributed by atoms with van der Waals surface area (Å²) >= 11 is 0. The zero-order chi connectivity index (χ0) is 14.6. The Morgan fingerprint density at radius 2 is 1.89 bits per heavy atom. The van der Waals surface area contributed by atoms with Gasteiger partial charge in [0.05, 0.1) is 11.0 Å². The molecule has 0 fully saturated rings. The molecule has 1 atom stereocenters. The van der Waals surface area contributed by atoms with Gasteiger partial charge in [0.25, 0.3) is 5.69 Å². The van der Waals surface area contributed by atoms with Gasteiger partial charge in [-0.25, -0.2) is 0 Å². The molecule has 104 valence electrons. The van der Waals surface area contributed by atoms with Crippen molar-refractivity contribution in [2.24, 2.45) is 11.7 Å². The standard InChI is InChI=1S/C13H19N3O3/c1-9(2)8-12(14)13(17)15(3)10-4-6-11(7-5-10)16(18)19/h4-7,9,12H,8,14H2,1-3H3/t12-/m1/s1. The summed E-state index contributed by atoms with van der Waals surface area (Å²) in [5, 5.41) is 10.6. The van der Waals surface area contributed by atoms with Crippen LogP contribution < -0.4 is 10.6 Å². The molecule has 1 aromatic rings. The second kappa shape index (κ2) is 6.29. The molecule has 0 aromatic heterocycles. The number of rotatable bonds is 5. The molecule has 0 aliphatic carbocycles. The first-order valence-electron chi connectivity index (χ1n) is 6.10. The molecule has 6 nitrogen and oxygen atoms in total. The van der Waals surface area contributed by atoms with E-state index in [0.717, 1.165) is 0 Å². The van der Waals surface area contributed by atoms with E-state index in [9.17, 15) is 14.9 Å². The first-order valence-corrected chi connectivity index (χ1v) is 6.10. The molecule has 1 aromatic carbocycles. The Bertz CT molecular complexity index is 457. The summed E-state index contributed by atoms with van der Waals surface area (Å²) in [4.78, 5) is 23.6. The lowest BCUT2D eigenvalue weighted by atomic mass is 10.0. The van der Waals surface area contributed by atoms with E-state index >= 15 is 0 Å². The Balaban J connectivity index is 2.79. The van der Waals surface area contributed by atoms with E-state index in [-0.39, 0.29) is 11.6 Å². The van der Waals surface area contributed by atoms with Crippen molar-refractivity contribution in [1.29, 1.82) is 0 Å². The summed E-state index contributed by atoms with van der Waals surface area (Å²) in [6.45, 7) is 4.00. The minimum absolute atomic E-state index is 0.00363. The topological polar surface area (TPSA) is 89.5 Å². The fourth-order valence-corrected chi connectivity index (χ4v) is 1.78. The molecule has 0 radical (unpaired) electrons. The number of carbonyl (C=O) groups excluding carboxylic acids is 1.